The van der Waals surface area contributed by atoms with Crippen LogP contribution in [0, 0.1) is 12.7 Å². The van der Waals surface area contributed by atoms with Gasteiger partial charge in [-0.3, -0.25) is 0 Å². The second-order valence-electron chi connectivity index (χ2n) is 8.61. The van der Waals surface area contributed by atoms with E-state index >= 15 is 0 Å². The van der Waals surface area contributed by atoms with Crippen molar-refractivity contribution in [1.29, 1.82) is 0 Å². The zero-order valence-corrected chi connectivity index (χ0v) is 21.1. The van der Waals surface area contributed by atoms with Crippen molar-refractivity contribution in [2.75, 3.05) is 45.7 Å². The van der Waals surface area contributed by atoms with Gasteiger partial charge >= 0.3 is 0 Å². The molecule has 1 atom stereocenters. The van der Waals surface area contributed by atoms with Gasteiger partial charge in [0.2, 0.25) is 15.9 Å². The molecular weight excluding hydrogens is 497 g/mol. The molecule has 2 aromatic heterocycles. The third-order valence-corrected chi connectivity index (χ3v) is 8.01. The lowest BCUT2D eigenvalue weighted by atomic mass is 10.0. The number of fused-ring (bicyclic) bond motifs is 1. The molecule has 0 bridgehead atoms. The highest BCUT2D eigenvalue weighted by molar-refractivity contribution is 7.89. The Morgan fingerprint density at radius 2 is 1.75 bits per heavy atom. The van der Waals surface area contributed by atoms with Crippen LogP contribution in [-0.2, 0) is 10.0 Å². The van der Waals surface area contributed by atoms with E-state index in [9.17, 15) is 21.6 Å². The molecule has 1 fully saturated rings. The van der Waals surface area contributed by atoms with Gasteiger partial charge < -0.3 is 15.0 Å². The number of ether oxygens (including phenoxy) is 1. The normalized spacial score (nSPS) is 16.4. The molecule has 36 heavy (non-hydrogen) atoms. The van der Waals surface area contributed by atoms with Crippen LogP contribution in [0.1, 0.15) is 36.3 Å². The lowest BCUT2D eigenvalue weighted by Gasteiger charge is -2.31. The molecule has 3 heterocycles. The first-order valence-corrected chi connectivity index (χ1v) is 12.7. The summed E-state index contributed by atoms with van der Waals surface area (Å²) < 4.78 is 74.8. The fourth-order valence-corrected chi connectivity index (χ4v) is 5.63. The molecule has 1 N–H and O–H groups in total. The van der Waals surface area contributed by atoms with Gasteiger partial charge in [0, 0.05) is 31.7 Å². The third-order valence-electron chi connectivity index (χ3n) is 6.12. The lowest BCUT2D eigenvalue weighted by Crippen LogP contribution is -2.47. The smallest absolute Gasteiger partial charge is 0.266 e. The minimum absolute atomic E-state index is 0.0176. The quantitative estimate of drug-likeness (QED) is 0.501. The molecule has 13 heteroatoms. The number of aromatic nitrogens is 3. The molecule has 1 aromatic carbocycles. The minimum Gasteiger partial charge on any atom is -0.480 e. The van der Waals surface area contributed by atoms with Crippen LogP contribution < -0.4 is 10.1 Å². The molecule has 9 nitrogen and oxygen atoms in total. The van der Waals surface area contributed by atoms with Gasteiger partial charge in [-0.25, -0.2) is 31.6 Å². The second kappa shape index (κ2) is 10.1. The van der Waals surface area contributed by atoms with Crippen molar-refractivity contribution in [2.24, 2.45) is 0 Å². The Hall–Kier alpha value is -3.03. The summed E-state index contributed by atoms with van der Waals surface area (Å²) in [7, 11) is -0.715. The van der Waals surface area contributed by atoms with Crippen molar-refractivity contribution < 1.29 is 26.3 Å². The third kappa shape index (κ3) is 4.95. The predicted molar refractivity (Wildman–Crippen MR) is 128 cm³/mol. The van der Waals surface area contributed by atoms with Crippen molar-refractivity contribution in [3.05, 3.63) is 47.0 Å². The van der Waals surface area contributed by atoms with E-state index in [2.05, 4.69) is 20.3 Å². The highest BCUT2D eigenvalue weighted by Crippen LogP contribution is 2.34. The number of halogens is 3. The topological polar surface area (TPSA) is 101 Å². The summed E-state index contributed by atoms with van der Waals surface area (Å²) in [6.45, 7) is 5.00. The molecule has 1 aliphatic rings. The number of pyridine rings is 1. The SMILES string of the molecule is COc1nc2nc(C)nc(NC(C)c3cccc(C(F)F)c3F)c2cc1S(=O)(=O)N1CCN(C)CC1. The van der Waals surface area contributed by atoms with Gasteiger partial charge in [0.05, 0.1) is 24.1 Å². The number of hydrogen-bond acceptors (Lipinski definition) is 8. The Bertz CT molecular complexity index is 1380. The standard InChI is InChI=1S/C23H27F3N6O3S/c1-13(15-6-5-7-16(19(15)24)20(25)26)27-21-17-12-18(23(35-4)30-22(17)29-14(2)28-21)36(33,34)32-10-8-31(3)9-11-32/h5-7,12-13,20H,8-11H2,1-4H3,(H,27,28,29,30). The first-order valence-electron chi connectivity index (χ1n) is 11.3. The summed E-state index contributed by atoms with van der Waals surface area (Å²) in [6, 6.07) is 4.40. The van der Waals surface area contributed by atoms with Gasteiger partial charge in [-0.15, -0.1) is 0 Å². The van der Waals surface area contributed by atoms with Crippen LogP contribution in [0.3, 0.4) is 0 Å². The van der Waals surface area contributed by atoms with Crippen molar-refractivity contribution in [1.82, 2.24) is 24.2 Å². The van der Waals surface area contributed by atoms with Gasteiger partial charge in [-0.05, 0) is 27.0 Å². The number of benzene rings is 1. The minimum atomic E-state index is -3.96. The van der Waals surface area contributed by atoms with E-state index in [4.69, 9.17) is 4.74 Å². The first-order chi connectivity index (χ1) is 17.0. The van der Waals surface area contributed by atoms with E-state index in [0.29, 0.717) is 32.0 Å². The van der Waals surface area contributed by atoms with Gasteiger partial charge in [0.1, 0.15) is 22.4 Å². The zero-order chi connectivity index (χ0) is 26.2. The van der Waals surface area contributed by atoms with Gasteiger partial charge in [-0.2, -0.15) is 9.29 Å². The van der Waals surface area contributed by atoms with Crippen molar-refractivity contribution in [2.45, 2.75) is 31.2 Å². The van der Waals surface area contributed by atoms with Crippen LogP contribution in [0.4, 0.5) is 19.0 Å². The lowest BCUT2D eigenvalue weighted by molar-refractivity contribution is 0.146. The molecule has 3 aromatic rings. The van der Waals surface area contributed by atoms with E-state index in [0.717, 1.165) is 6.07 Å². The highest BCUT2D eigenvalue weighted by atomic mass is 32.2. The van der Waals surface area contributed by atoms with Crippen LogP contribution in [0.2, 0.25) is 0 Å². The van der Waals surface area contributed by atoms with Crippen LogP contribution in [0.25, 0.3) is 11.0 Å². The van der Waals surface area contributed by atoms with E-state index in [1.807, 2.05) is 11.9 Å². The molecule has 4 rings (SSSR count). The Kier molecular flexibility index (Phi) is 7.34. The summed E-state index contributed by atoms with van der Waals surface area (Å²) >= 11 is 0. The average Bonchev–Trinajstić information content (AvgIpc) is 2.83. The van der Waals surface area contributed by atoms with E-state index in [1.54, 1.807) is 13.8 Å². The fraction of sp³-hybridized carbons (Fsp3) is 0.435. The van der Waals surface area contributed by atoms with Gasteiger partial charge in [0.15, 0.2) is 5.65 Å². The second-order valence-corrected chi connectivity index (χ2v) is 10.5. The Morgan fingerprint density at radius 3 is 2.39 bits per heavy atom. The van der Waals surface area contributed by atoms with E-state index in [1.165, 1.54) is 29.6 Å². The monoisotopic (exact) mass is 524 g/mol. The van der Waals surface area contributed by atoms with Gasteiger partial charge in [0.25, 0.3) is 6.43 Å². The van der Waals surface area contributed by atoms with E-state index in [-0.39, 0.29) is 33.2 Å². The summed E-state index contributed by atoms with van der Waals surface area (Å²) in [5.74, 6) is -0.602. The van der Waals surface area contributed by atoms with Gasteiger partial charge in [-0.1, -0.05) is 18.2 Å². The van der Waals surface area contributed by atoms with Crippen LogP contribution >= 0.6 is 0 Å². The molecule has 194 valence electrons. The van der Waals surface area contributed by atoms with Crippen LogP contribution in [0.15, 0.2) is 29.2 Å². The summed E-state index contributed by atoms with van der Waals surface area (Å²) in [5, 5.41) is 3.29. The maximum absolute atomic E-state index is 14.8. The Balaban J connectivity index is 1.79. The Labute approximate surface area is 207 Å². The molecule has 1 unspecified atom stereocenters. The largest absolute Gasteiger partial charge is 0.480 e. The number of likely N-dealkylation sites (N-methyl/N-ethyl adjacent to an activating group) is 1. The average molecular weight is 525 g/mol. The number of alkyl halides is 2. The highest BCUT2D eigenvalue weighted by Gasteiger charge is 2.32. The molecule has 0 aliphatic carbocycles. The number of nitrogens with one attached hydrogen (secondary N) is 1. The number of rotatable bonds is 7. The molecule has 1 saturated heterocycles. The molecule has 0 amide bonds. The number of aryl methyl sites for hydroxylation is 1. The number of hydrogen-bond donors (Lipinski definition) is 1. The van der Waals surface area contributed by atoms with Crippen molar-refractivity contribution in [3.8, 4) is 5.88 Å². The summed E-state index contributed by atoms with van der Waals surface area (Å²) in [5.41, 5.74) is -0.506. The van der Waals surface area contributed by atoms with E-state index < -0.39 is 33.9 Å². The molecule has 0 saturated carbocycles. The molecule has 0 radical (unpaired) electrons. The number of sulfonamides is 1. The zero-order valence-electron chi connectivity index (χ0n) is 20.3. The summed E-state index contributed by atoms with van der Waals surface area (Å²) in [4.78, 5) is 14.9. The maximum Gasteiger partial charge on any atom is 0.266 e. The number of methoxy groups -OCH3 is 1. The number of nitrogens with zero attached hydrogens (tertiary/aromatic N) is 5. The van der Waals surface area contributed by atoms with Crippen LogP contribution in [-0.4, -0.2) is 72.9 Å². The fourth-order valence-electron chi connectivity index (χ4n) is 4.09. The molecule has 1 aliphatic heterocycles. The van der Waals surface area contributed by atoms with Crippen molar-refractivity contribution >= 4 is 26.9 Å². The molecule has 0 spiro atoms. The predicted octanol–water partition coefficient (Wildman–Crippen LogP) is 3.53. The number of piperazine rings is 1. The van der Waals surface area contributed by atoms with Crippen LogP contribution in [0.5, 0.6) is 5.88 Å². The summed E-state index contributed by atoms with van der Waals surface area (Å²) in [6.07, 6.45) is -2.96. The number of anilines is 1. The first kappa shape index (κ1) is 26.0. The van der Waals surface area contributed by atoms with Crippen molar-refractivity contribution in [3.63, 3.8) is 0 Å². The Morgan fingerprint density at radius 1 is 1.08 bits per heavy atom. The maximum atomic E-state index is 14.8. The molecular formula is C23H27F3N6O3S.